The zero-order valence-corrected chi connectivity index (χ0v) is 12.2. The van der Waals surface area contributed by atoms with Gasteiger partial charge in [-0.15, -0.1) is 0 Å². The monoisotopic (exact) mass is 311 g/mol. The second kappa shape index (κ2) is 7.33. The molecule has 114 valence electrons. The Morgan fingerprint density at radius 2 is 1.86 bits per heavy atom. The molecule has 7 heteroatoms. The Morgan fingerprint density at radius 3 is 2.43 bits per heavy atom. The average molecular weight is 311 g/mol. The topological polar surface area (TPSA) is 92.7 Å². The maximum atomic E-state index is 12.1. The van der Waals surface area contributed by atoms with Gasteiger partial charge in [0.2, 0.25) is 5.91 Å². The van der Waals surface area contributed by atoms with Crippen LogP contribution in [-0.4, -0.2) is 46.2 Å². The highest BCUT2D eigenvalue weighted by Crippen LogP contribution is 2.10. The molecule has 1 aromatic carbocycles. The van der Waals surface area contributed by atoms with Crippen molar-refractivity contribution in [1.82, 2.24) is 5.32 Å². The van der Waals surface area contributed by atoms with Gasteiger partial charge in [-0.25, -0.2) is 4.79 Å². The van der Waals surface area contributed by atoms with Crippen molar-refractivity contribution in [3.63, 3.8) is 0 Å². The Kier molecular flexibility index (Phi) is 5.46. The molecule has 0 spiro atoms. The van der Waals surface area contributed by atoms with E-state index in [9.17, 15) is 13.8 Å². The van der Waals surface area contributed by atoms with Crippen LogP contribution in [0.1, 0.15) is 23.2 Å². The molecule has 21 heavy (non-hydrogen) atoms. The lowest BCUT2D eigenvalue weighted by molar-refractivity contribution is -0.119. The molecule has 0 saturated carbocycles. The van der Waals surface area contributed by atoms with Gasteiger partial charge in [0, 0.05) is 24.2 Å². The van der Waals surface area contributed by atoms with Gasteiger partial charge in [-0.1, -0.05) is 0 Å². The second-order valence-corrected chi connectivity index (χ2v) is 6.22. The van der Waals surface area contributed by atoms with Crippen LogP contribution in [0.3, 0.4) is 0 Å². The first kappa shape index (κ1) is 15.7. The van der Waals surface area contributed by atoms with Crippen LogP contribution in [0, 0.1) is 0 Å². The number of hydrogen-bond acceptors (Lipinski definition) is 4. The summed E-state index contributed by atoms with van der Waals surface area (Å²) in [5, 5.41) is 11.6. The zero-order chi connectivity index (χ0) is 15.2. The number of carboxylic acid groups (broad SMARTS) is 1. The van der Waals surface area contributed by atoms with Crippen LogP contribution in [0.15, 0.2) is 29.2 Å². The molecule has 1 saturated heterocycles. The lowest BCUT2D eigenvalue weighted by Gasteiger charge is -2.22. The lowest BCUT2D eigenvalue weighted by atomic mass is 10.1. The molecule has 0 aliphatic carbocycles. The normalized spacial score (nSPS) is 17.1. The van der Waals surface area contributed by atoms with Gasteiger partial charge in [-0.2, -0.15) is 0 Å². The molecule has 2 N–H and O–H groups in total. The number of benzene rings is 1. The number of rotatable bonds is 5. The molecule has 2 rings (SSSR count). The number of aromatic carboxylic acids is 1. The molecule has 0 radical (unpaired) electrons. The molecule has 6 nitrogen and oxygen atoms in total. The number of carboxylic acids is 1. The van der Waals surface area contributed by atoms with Gasteiger partial charge in [-0.05, 0) is 37.1 Å². The molecule has 1 atom stereocenters. The van der Waals surface area contributed by atoms with Crippen LogP contribution < -0.4 is 5.32 Å². The maximum absolute atomic E-state index is 12.1. The summed E-state index contributed by atoms with van der Waals surface area (Å²) in [7, 11) is -1.48. The summed E-state index contributed by atoms with van der Waals surface area (Å²) >= 11 is 0. The third-order valence-electron chi connectivity index (χ3n) is 3.21. The highest BCUT2D eigenvalue weighted by Gasteiger charge is 2.18. The Morgan fingerprint density at radius 1 is 1.24 bits per heavy atom. The first-order chi connectivity index (χ1) is 10.1. The van der Waals surface area contributed by atoms with Crippen molar-refractivity contribution in [3.05, 3.63) is 29.8 Å². The SMILES string of the molecule is O=C(CS(=O)c1ccc(C(=O)O)cc1)NC1CCOCC1. The molecular weight excluding hydrogens is 294 g/mol. The van der Waals surface area contributed by atoms with Crippen molar-refractivity contribution in [2.45, 2.75) is 23.8 Å². The van der Waals surface area contributed by atoms with E-state index in [0.717, 1.165) is 12.8 Å². The fourth-order valence-electron chi connectivity index (χ4n) is 2.06. The highest BCUT2D eigenvalue weighted by atomic mass is 32.2. The van der Waals surface area contributed by atoms with Crippen molar-refractivity contribution in [2.24, 2.45) is 0 Å². The quantitative estimate of drug-likeness (QED) is 0.838. The highest BCUT2D eigenvalue weighted by molar-refractivity contribution is 7.85. The largest absolute Gasteiger partial charge is 0.478 e. The standard InChI is InChI=1S/C14H17NO5S/c16-13(15-11-5-7-20-8-6-11)9-21(19)12-3-1-10(2-4-12)14(17)18/h1-4,11H,5-9H2,(H,15,16)(H,17,18). The molecule has 1 heterocycles. The summed E-state index contributed by atoms with van der Waals surface area (Å²) in [6, 6.07) is 5.79. The zero-order valence-electron chi connectivity index (χ0n) is 11.4. The van der Waals surface area contributed by atoms with E-state index in [0.29, 0.717) is 18.1 Å². The minimum atomic E-state index is -1.48. The second-order valence-electron chi connectivity index (χ2n) is 4.77. The molecule has 1 amide bonds. The summed E-state index contributed by atoms with van der Waals surface area (Å²) in [6.45, 7) is 1.26. The van der Waals surface area contributed by atoms with Crippen LogP contribution in [-0.2, 0) is 20.3 Å². The van der Waals surface area contributed by atoms with E-state index in [1.54, 1.807) is 0 Å². The fraction of sp³-hybridized carbons (Fsp3) is 0.429. The Balaban J connectivity index is 1.87. The molecule has 1 aliphatic heterocycles. The molecule has 1 aromatic rings. The van der Waals surface area contributed by atoms with Crippen molar-refractivity contribution in [1.29, 1.82) is 0 Å². The van der Waals surface area contributed by atoms with E-state index in [1.807, 2.05) is 0 Å². The third kappa shape index (κ3) is 4.64. The Bertz CT molecular complexity index is 537. The molecule has 0 aromatic heterocycles. The summed E-state index contributed by atoms with van der Waals surface area (Å²) < 4.78 is 17.3. The van der Waals surface area contributed by atoms with E-state index in [4.69, 9.17) is 9.84 Å². The average Bonchev–Trinajstić information content (AvgIpc) is 2.48. The number of nitrogens with one attached hydrogen (secondary N) is 1. The first-order valence-corrected chi connectivity index (χ1v) is 7.97. The predicted molar refractivity (Wildman–Crippen MR) is 76.7 cm³/mol. The number of carbonyl (C=O) groups excluding carboxylic acids is 1. The van der Waals surface area contributed by atoms with Crippen LogP contribution >= 0.6 is 0 Å². The van der Waals surface area contributed by atoms with Gasteiger partial charge in [0.25, 0.3) is 0 Å². The van der Waals surface area contributed by atoms with Crippen LogP contribution in [0.4, 0.5) is 0 Å². The van der Waals surface area contributed by atoms with Gasteiger partial charge >= 0.3 is 5.97 Å². The van der Waals surface area contributed by atoms with Crippen LogP contribution in [0.2, 0.25) is 0 Å². The van der Waals surface area contributed by atoms with Gasteiger partial charge < -0.3 is 15.2 Å². The minimum absolute atomic E-state index is 0.0811. The van der Waals surface area contributed by atoms with E-state index >= 15 is 0 Å². The number of carbonyl (C=O) groups is 2. The Hall–Kier alpha value is -1.73. The lowest BCUT2D eigenvalue weighted by Crippen LogP contribution is -2.40. The smallest absolute Gasteiger partial charge is 0.335 e. The summed E-state index contributed by atoms with van der Waals surface area (Å²) in [4.78, 5) is 23.0. The molecule has 0 bridgehead atoms. The van der Waals surface area contributed by atoms with Crippen molar-refractivity contribution < 1.29 is 23.6 Å². The molecule has 1 fully saturated rings. The minimum Gasteiger partial charge on any atom is -0.478 e. The van der Waals surface area contributed by atoms with Gasteiger partial charge in [0.15, 0.2) is 0 Å². The van der Waals surface area contributed by atoms with E-state index in [-0.39, 0.29) is 23.3 Å². The fourth-order valence-corrected chi connectivity index (χ4v) is 2.99. The van der Waals surface area contributed by atoms with Crippen molar-refractivity contribution >= 4 is 22.7 Å². The molecule has 1 unspecified atom stereocenters. The number of hydrogen-bond donors (Lipinski definition) is 2. The molecule has 1 aliphatic rings. The summed E-state index contributed by atoms with van der Waals surface area (Å²) in [5.74, 6) is -1.42. The van der Waals surface area contributed by atoms with Gasteiger partial charge in [0.1, 0.15) is 5.75 Å². The van der Waals surface area contributed by atoms with Crippen LogP contribution in [0.5, 0.6) is 0 Å². The van der Waals surface area contributed by atoms with E-state index < -0.39 is 16.8 Å². The predicted octanol–water partition coefficient (Wildman–Crippen LogP) is 0.788. The van der Waals surface area contributed by atoms with Gasteiger partial charge in [0.05, 0.1) is 16.4 Å². The van der Waals surface area contributed by atoms with Crippen molar-refractivity contribution in [3.8, 4) is 0 Å². The summed E-state index contributed by atoms with van der Waals surface area (Å²) in [6.07, 6.45) is 1.54. The van der Waals surface area contributed by atoms with Crippen molar-refractivity contribution in [2.75, 3.05) is 19.0 Å². The first-order valence-electron chi connectivity index (χ1n) is 6.65. The molecular formula is C14H17NO5S. The van der Waals surface area contributed by atoms with Crippen LogP contribution in [0.25, 0.3) is 0 Å². The summed E-state index contributed by atoms with van der Waals surface area (Å²) in [5.41, 5.74) is 0.127. The van der Waals surface area contributed by atoms with Gasteiger partial charge in [-0.3, -0.25) is 9.00 Å². The number of amides is 1. The van der Waals surface area contributed by atoms with E-state index in [2.05, 4.69) is 5.32 Å². The maximum Gasteiger partial charge on any atom is 0.335 e. The number of ether oxygens (including phenoxy) is 1. The third-order valence-corrected chi connectivity index (χ3v) is 4.54. The van der Waals surface area contributed by atoms with E-state index in [1.165, 1.54) is 24.3 Å². The Labute approximate surface area is 125 Å².